The molecule has 93 heavy (non-hydrogen) atoms. The lowest BCUT2D eigenvalue weighted by atomic mass is 9.76. The molecule has 4 N–H and O–H groups in total. The molecule has 0 bridgehead atoms. The molecule has 0 spiro atoms. The molecule has 1 aliphatic heterocycles. The predicted molar refractivity (Wildman–Crippen MR) is 343 cm³/mol. The molecule has 2 aliphatic carbocycles. The summed E-state index contributed by atoms with van der Waals surface area (Å²) < 4.78 is 71.6. The minimum atomic E-state index is -5.16. The molecule has 0 aromatic rings. The first-order valence-electron chi connectivity index (χ1n) is 32.9. The van der Waals surface area contributed by atoms with Gasteiger partial charge in [-0.2, -0.15) is 13.2 Å². The Hall–Kier alpha value is -5.89. The summed E-state index contributed by atoms with van der Waals surface area (Å²) in [6, 6.07) is -8.49. The van der Waals surface area contributed by atoms with Crippen molar-refractivity contribution in [3.63, 3.8) is 0 Å². The van der Waals surface area contributed by atoms with Crippen molar-refractivity contribution < 1.29 is 74.7 Å². The van der Waals surface area contributed by atoms with E-state index in [0.29, 0.717) is 32.1 Å². The van der Waals surface area contributed by atoms with Crippen LogP contribution in [0, 0.1) is 41.4 Å². The molecule has 22 nitrogen and oxygen atoms in total. The zero-order valence-corrected chi connectivity index (χ0v) is 59.0. The van der Waals surface area contributed by atoms with Crippen LogP contribution in [-0.4, -0.2) is 240 Å². The molecule has 11 amide bonds. The number of hydrogen-bond donors (Lipinski definition) is 4. The van der Waals surface area contributed by atoms with Crippen LogP contribution in [0.5, 0.6) is 0 Å². The highest BCUT2D eigenvalue weighted by Gasteiger charge is 2.54. The Morgan fingerprint density at radius 2 is 1.05 bits per heavy atom. The monoisotopic (exact) mass is 1350 g/mol. The summed E-state index contributed by atoms with van der Waals surface area (Å²) in [6.45, 7) is 17.1. The normalized spacial score (nSPS) is 30.2. The SMILES string of the molecule is CC[C@H](C)[C@@H]1NC(=O)[C@H](CC(C)C)N(C)C(=O)C[C@@H](C)N(C)C(=O)[C@H](CC(C)C)NC(=O)C(C)(C)N(C)C(=O)[C@H](CC(C)C)NC(=O)[C@H](CCC2CC(F)C(C(F)(F)F)C(F)C2)NC(=O)CN(C)C(=O)[C@H](CC2CCC(Cl)CC2)N(C)C(=O)CN(C)C(=O)CN(C)C1=O. The van der Waals surface area contributed by atoms with Crippen molar-refractivity contribution in [2.24, 2.45) is 41.4 Å². The third kappa shape index (κ3) is 23.5. The lowest BCUT2D eigenvalue weighted by Crippen LogP contribution is -2.63. The fraction of sp³-hybridized carbons (Fsp3) is 0.831. The second-order valence-corrected chi connectivity index (χ2v) is 29.1. The smallest absolute Gasteiger partial charge is 0.343 e. The van der Waals surface area contributed by atoms with Crippen molar-refractivity contribution in [3.8, 4) is 0 Å². The van der Waals surface area contributed by atoms with Crippen molar-refractivity contribution >= 4 is 76.6 Å². The molecule has 1 saturated heterocycles. The van der Waals surface area contributed by atoms with Crippen molar-refractivity contribution in [1.29, 1.82) is 0 Å². The van der Waals surface area contributed by atoms with Crippen LogP contribution >= 0.6 is 11.6 Å². The minimum Gasteiger partial charge on any atom is -0.343 e. The third-order valence-electron chi connectivity index (χ3n) is 19.0. The molecule has 10 atom stereocenters. The van der Waals surface area contributed by atoms with E-state index in [2.05, 4.69) is 21.3 Å². The maximum absolute atomic E-state index is 15.2. The van der Waals surface area contributed by atoms with Gasteiger partial charge >= 0.3 is 6.18 Å². The quantitative estimate of drug-likeness (QED) is 0.125. The van der Waals surface area contributed by atoms with Gasteiger partial charge in [0.2, 0.25) is 65.0 Å². The standard InChI is InChI=1S/C65H109ClF5N11O11/c1-19-39(8)56-62(92)78(14)34-53(85)76(12)35-54(86)81(17)50(32-41-20-23-43(66)24-21-41)61(91)77(13)33-51(83)72-46(25-22-42-30-44(67)55(45(68)31-42)65(69,70)71)57(87)73-48(27-37(4)5)60(90)82(18)64(10,11)63(93)74-47(26-36(2)3)59(89)79(15)40(9)29-52(84)80(16)49(28-38(6)7)58(88)75-56/h36-50,55-56H,19-35H2,1-18H3,(H,72,83)(H,73,87)(H,74,93)(H,75,88)/t39-,40+,41?,42?,43?,44?,45?,46-,47-,48-,49-,50-,55?,56-/m0/s1. The maximum Gasteiger partial charge on any atom is 0.397 e. The topological polar surface area (TPSA) is 259 Å². The molecule has 2 unspecified atom stereocenters. The zero-order chi connectivity index (χ0) is 71.1. The van der Waals surface area contributed by atoms with E-state index in [1.54, 1.807) is 27.7 Å². The summed E-state index contributed by atoms with van der Waals surface area (Å²) in [5.74, 6) is -12.9. The summed E-state index contributed by atoms with van der Waals surface area (Å²) in [5.41, 5.74) is -1.74. The van der Waals surface area contributed by atoms with Gasteiger partial charge in [-0.1, -0.05) is 61.8 Å². The van der Waals surface area contributed by atoms with E-state index < -0.39 is 188 Å². The molecule has 532 valence electrons. The number of halogens is 6. The highest BCUT2D eigenvalue weighted by atomic mass is 35.5. The molecule has 2 saturated carbocycles. The minimum absolute atomic E-state index is 0.0353. The van der Waals surface area contributed by atoms with E-state index in [0.717, 1.165) is 19.6 Å². The van der Waals surface area contributed by atoms with Gasteiger partial charge in [0, 0.05) is 67.2 Å². The molecule has 1 heterocycles. The number of nitrogens with one attached hydrogen (secondary N) is 4. The van der Waals surface area contributed by atoms with Gasteiger partial charge in [-0.3, -0.25) is 52.7 Å². The van der Waals surface area contributed by atoms with E-state index in [9.17, 15) is 65.9 Å². The maximum atomic E-state index is 15.2. The average molecular weight is 1350 g/mol. The number of hydrogen-bond acceptors (Lipinski definition) is 11. The van der Waals surface area contributed by atoms with Crippen LogP contribution in [0.2, 0.25) is 0 Å². The lowest BCUT2D eigenvalue weighted by molar-refractivity contribution is -0.219. The lowest BCUT2D eigenvalue weighted by Gasteiger charge is -2.39. The van der Waals surface area contributed by atoms with E-state index in [1.807, 2.05) is 34.6 Å². The van der Waals surface area contributed by atoms with Gasteiger partial charge in [0.25, 0.3) is 0 Å². The third-order valence-corrected chi connectivity index (χ3v) is 19.5. The Labute approximate surface area is 553 Å². The fourth-order valence-electron chi connectivity index (χ4n) is 12.3. The highest BCUT2D eigenvalue weighted by molar-refractivity contribution is 6.20. The van der Waals surface area contributed by atoms with Crippen LogP contribution in [0.4, 0.5) is 22.0 Å². The average Bonchev–Trinajstić information content (AvgIpc) is 1.85. The summed E-state index contributed by atoms with van der Waals surface area (Å²) in [7, 11) is 9.63. The van der Waals surface area contributed by atoms with Crippen molar-refractivity contribution in [1.82, 2.24) is 55.6 Å². The molecule has 3 aliphatic rings. The van der Waals surface area contributed by atoms with Gasteiger partial charge < -0.3 is 55.6 Å². The largest absolute Gasteiger partial charge is 0.397 e. The van der Waals surface area contributed by atoms with E-state index in [1.165, 1.54) is 77.9 Å². The Bertz CT molecular complexity index is 2580. The molecule has 0 radical (unpaired) electrons. The van der Waals surface area contributed by atoms with E-state index in [4.69, 9.17) is 11.6 Å². The van der Waals surface area contributed by atoms with Gasteiger partial charge in [0.15, 0.2) is 0 Å². The Kier molecular flexibility index (Phi) is 31.3. The molecule has 0 aromatic carbocycles. The van der Waals surface area contributed by atoms with Crippen LogP contribution in [0.1, 0.15) is 166 Å². The van der Waals surface area contributed by atoms with Gasteiger partial charge in [0.1, 0.15) is 60.1 Å². The summed E-state index contributed by atoms with van der Waals surface area (Å²) in [4.78, 5) is 167. The second kappa shape index (κ2) is 35.7. The van der Waals surface area contributed by atoms with Gasteiger partial charge in [-0.25, -0.2) is 8.78 Å². The first kappa shape index (κ1) is 81.3. The fourth-order valence-corrected chi connectivity index (χ4v) is 12.6. The Balaban J connectivity index is 2.21. The molecular weight excluding hydrogens is 1240 g/mol. The summed E-state index contributed by atoms with van der Waals surface area (Å²) in [5, 5.41) is 10.8. The number of amides is 11. The molecular formula is C65H109ClF5N11O11. The first-order valence-corrected chi connectivity index (χ1v) is 33.4. The van der Waals surface area contributed by atoms with Crippen molar-refractivity contribution in [2.45, 2.75) is 238 Å². The number of nitrogens with zero attached hydrogens (tertiary/aromatic N) is 7. The first-order chi connectivity index (χ1) is 42.9. The second-order valence-electron chi connectivity index (χ2n) is 28.5. The highest BCUT2D eigenvalue weighted by Crippen LogP contribution is 2.44. The molecule has 3 rings (SSSR count). The van der Waals surface area contributed by atoms with E-state index >= 15 is 8.78 Å². The number of likely N-dealkylation sites (N-methyl/N-ethyl adjacent to an activating group) is 7. The number of alkyl halides is 6. The number of carbonyl (C=O) groups is 11. The number of rotatable bonds is 13. The van der Waals surface area contributed by atoms with Crippen molar-refractivity contribution in [3.05, 3.63) is 0 Å². The van der Waals surface area contributed by atoms with E-state index in [-0.39, 0.29) is 67.6 Å². The number of carbonyl (C=O) groups excluding carboxylic acids is 11. The zero-order valence-electron chi connectivity index (χ0n) is 58.2. The molecule has 3 fully saturated rings. The van der Waals surface area contributed by atoms with Crippen LogP contribution < -0.4 is 21.3 Å². The Morgan fingerprint density at radius 3 is 1.57 bits per heavy atom. The Morgan fingerprint density at radius 1 is 0.548 bits per heavy atom. The van der Waals surface area contributed by atoms with Crippen LogP contribution in [-0.2, 0) is 52.7 Å². The molecule has 28 heteroatoms. The van der Waals surface area contributed by atoms with Crippen LogP contribution in [0.25, 0.3) is 0 Å². The molecule has 0 aromatic heterocycles. The van der Waals surface area contributed by atoms with Gasteiger partial charge in [0.05, 0.1) is 19.6 Å². The van der Waals surface area contributed by atoms with Crippen molar-refractivity contribution in [2.75, 3.05) is 69.0 Å². The van der Waals surface area contributed by atoms with Crippen LogP contribution in [0.15, 0.2) is 0 Å². The van der Waals surface area contributed by atoms with Crippen LogP contribution in [0.3, 0.4) is 0 Å². The van der Waals surface area contributed by atoms with Gasteiger partial charge in [-0.05, 0) is 133 Å². The van der Waals surface area contributed by atoms with Gasteiger partial charge in [-0.15, -0.1) is 11.6 Å². The summed E-state index contributed by atoms with van der Waals surface area (Å²) in [6.07, 6.45) is -9.42. The summed E-state index contributed by atoms with van der Waals surface area (Å²) >= 11 is 6.46. The predicted octanol–water partition coefficient (Wildman–Crippen LogP) is 5.86.